The van der Waals surface area contributed by atoms with E-state index < -0.39 is 0 Å². The summed E-state index contributed by atoms with van der Waals surface area (Å²) in [5.41, 5.74) is 7.62. The zero-order chi connectivity index (χ0) is 11.0. The lowest BCUT2D eigenvalue weighted by molar-refractivity contribution is 0.299. The first kappa shape index (κ1) is 10.7. The van der Waals surface area contributed by atoms with E-state index in [9.17, 15) is 0 Å². The van der Waals surface area contributed by atoms with E-state index in [4.69, 9.17) is 10.7 Å². The van der Waals surface area contributed by atoms with Crippen LogP contribution in [0.4, 0.5) is 0 Å². The lowest BCUT2D eigenvalue weighted by Gasteiger charge is -2.34. The lowest BCUT2D eigenvalue weighted by Crippen LogP contribution is -2.37. The molecule has 1 aromatic heterocycles. The van der Waals surface area contributed by atoms with Gasteiger partial charge in [-0.25, -0.2) is 4.98 Å². The molecular formula is C13H20N2S. The predicted octanol–water partition coefficient (Wildman–Crippen LogP) is 3.18. The number of hydrogen-bond acceptors (Lipinski definition) is 3. The van der Waals surface area contributed by atoms with E-state index in [-0.39, 0.29) is 5.41 Å². The summed E-state index contributed by atoms with van der Waals surface area (Å²) < 4.78 is 0. The van der Waals surface area contributed by atoms with Crippen LogP contribution in [-0.4, -0.2) is 11.5 Å². The van der Waals surface area contributed by atoms with Crippen molar-refractivity contribution >= 4 is 11.3 Å². The molecule has 2 aliphatic carbocycles. The maximum Gasteiger partial charge on any atom is 0.100 e. The van der Waals surface area contributed by atoms with Gasteiger partial charge in [-0.05, 0) is 25.7 Å². The summed E-state index contributed by atoms with van der Waals surface area (Å²) in [6.07, 6.45) is 9.23. The fourth-order valence-electron chi connectivity index (χ4n) is 2.83. The fraction of sp³-hybridized carbons (Fsp3) is 0.769. The predicted molar refractivity (Wildman–Crippen MR) is 67.9 cm³/mol. The average Bonchev–Trinajstić information content (AvgIpc) is 3.08. The average molecular weight is 236 g/mol. The second kappa shape index (κ2) is 4.11. The van der Waals surface area contributed by atoms with Gasteiger partial charge in [-0.1, -0.05) is 19.3 Å². The number of rotatable bonds is 3. The minimum absolute atomic E-state index is 0.232. The van der Waals surface area contributed by atoms with Crippen molar-refractivity contribution in [3.05, 3.63) is 16.1 Å². The van der Waals surface area contributed by atoms with Crippen LogP contribution >= 0.6 is 11.3 Å². The molecule has 2 aliphatic rings. The van der Waals surface area contributed by atoms with E-state index >= 15 is 0 Å². The van der Waals surface area contributed by atoms with Gasteiger partial charge in [0.2, 0.25) is 0 Å². The molecule has 0 aromatic carbocycles. The van der Waals surface area contributed by atoms with Crippen molar-refractivity contribution in [2.45, 2.75) is 56.3 Å². The van der Waals surface area contributed by atoms with Crippen LogP contribution in [0.25, 0.3) is 0 Å². The summed E-state index contributed by atoms with van der Waals surface area (Å²) in [7, 11) is 0. The van der Waals surface area contributed by atoms with Gasteiger partial charge in [-0.3, -0.25) is 0 Å². The van der Waals surface area contributed by atoms with Crippen LogP contribution in [0.5, 0.6) is 0 Å². The monoisotopic (exact) mass is 236 g/mol. The van der Waals surface area contributed by atoms with Crippen molar-refractivity contribution in [2.24, 2.45) is 5.73 Å². The van der Waals surface area contributed by atoms with Crippen LogP contribution in [-0.2, 0) is 5.41 Å². The standard InChI is InChI=1S/C13H20N2S/c14-9-13(6-2-1-3-7-13)12-15-11(8-16-12)10-4-5-10/h8,10H,1-7,9,14H2. The number of aromatic nitrogens is 1. The highest BCUT2D eigenvalue weighted by Gasteiger charge is 2.36. The quantitative estimate of drug-likeness (QED) is 0.875. The molecule has 0 amide bonds. The van der Waals surface area contributed by atoms with Gasteiger partial charge in [0.1, 0.15) is 5.01 Å². The fourth-order valence-corrected chi connectivity index (χ4v) is 4.00. The first-order valence-corrected chi connectivity index (χ1v) is 7.38. The molecule has 2 N–H and O–H groups in total. The molecule has 16 heavy (non-hydrogen) atoms. The van der Waals surface area contributed by atoms with Crippen molar-refractivity contribution in [1.82, 2.24) is 4.98 Å². The van der Waals surface area contributed by atoms with Gasteiger partial charge >= 0.3 is 0 Å². The first-order chi connectivity index (χ1) is 7.84. The van der Waals surface area contributed by atoms with E-state index in [1.807, 2.05) is 11.3 Å². The first-order valence-electron chi connectivity index (χ1n) is 6.50. The van der Waals surface area contributed by atoms with E-state index in [2.05, 4.69) is 5.38 Å². The smallest absolute Gasteiger partial charge is 0.100 e. The number of nitrogens with two attached hydrogens (primary N) is 1. The van der Waals surface area contributed by atoms with Crippen LogP contribution < -0.4 is 5.73 Å². The Kier molecular flexibility index (Phi) is 2.76. The van der Waals surface area contributed by atoms with Crippen molar-refractivity contribution in [3.63, 3.8) is 0 Å². The molecule has 1 heterocycles. The minimum atomic E-state index is 0.232. The Labute approximate surface area is 101 Å². The highest BCUT2D eigenvalue weighted by molar-refractivity contribution is 7.09. The lowest BCUT2D eigenvalue weighted by atomic mass is 9.74. The highest BCUT2D eigenvalue weighted by atomic mass is 32.1. The maximum atomic E-state index is 6.04. The van der Waals surface area contributed by atoms with Crippen LogP contribution in [0.1, 0.15) is 61.6 Å². The normalized spacial score (nSPS) is 24.6. The Balaban J connectivity index is 1.86. The Morgan fingerprint density at radius 1 is 1.31 bits per heavy atom. The van der Waals surface area contributed by atoms with E-state index in [1.165, 1.54) is 55.6 Å². The summed E-state index contributed by atoms with van der Waals surface area (Å²) in [5.74, 6) is 0.781. The minimum Gasteiger partial charge on any atom is -0.329 e. The summed E-state index contributed by atoms with van der Waals surface area (Å²) in [6.45, 7) is 0.782. The molecule has 0 bridgehead atoms. The Bertz CT molecular complexity index is 362. The summed E-state index contributed by atoms with van der Waals surface area (Å²) in [4.78, 5) is 4.88. The number of nitrogens with zero attached hydrogens (tertiary/aromatic N) is 1. The molecule has 2 fully saturated rings. The number of hydrogen-bond donors (Lipinski definition) is 1. The summed E-state index contributed by atoms with van der Waals surface area (Å²) in [6, 6.07) is 0. The Morgan fingerprint density at radius 3 is 2.69 bits per heavy atom. The van der Waals surface area contributed by atoms with Crippen LogP contribution in [0.3, 0.4) is 0 Å². The zero-order valence-electron chi connectivity index (χ0n) is 9.74. The van der Waals surface area contributed by atoms with Crippen molar-refractivity contribution in [1.29, 1.82) is 0 Å². The van der Waals surface area contributed by atoms with Gasteiger partial charge in [0.15, 0.2) is 0 Å². The second-order valence-corrected chi connectivity index (χ2v) is 6.26. The highest BCUT2D eigenvalue weighted by Crippen LogP contribution is 2.44. The van der Waals surface area contributed by atoms with E-state index in [0.717, 1.165) is 12.5 Å². The molecule has 2 nitrogen and oxygen atoms in total. The molecule has 2 saturated carbocycles. The van der Waals surface area contributed by atoms with Gasteiger partial charge in [0.05, 0.1) is 5.69 Å². The van der Waals surface area contributed by atoms with Crippen LogP contribution in [0.15, 0.2) is 5.38 Å². The van der Waals surface area contributed by atoms with Crippen molar-refractivity contribution < 1.29 is 0 Å². The largest absolute Gasteiger partial charge is 0.329 e. The molecule has 0 spiro atoms. The van der Waals surface area contributed by atoms with Crippen LogP contribution in [0.2, 0.25) is 0 Å². The maximum absolute atomic E-state index is 6.04. The molecule has 88 valence electrons. The molecule has 1 aromatic rings. The zero-order valence-corrected chi connectivity index (χ0v) is 10.6. The molecule has 0 saturated heterocycles. The third-order valence-corrected chi connectivity index (χ3v) is 5.28. The van der Waals surface area contributed by atoms with Crippen molar-refractivity contribution in [2.75, 3.05) is 6.54 Å². The van der Waals surface area contributed by atoms with Gasteiger partial charge in [0.25, 0.3) is 0 Å². The van der Waals surface area contributed by atoms with Gasteiger partial charge in [-0.15, -0.1) is 11.3 Å². The summed E-state index contributed by atoms with van der Waals surface area (Å²) >= 11 is 1.86. The molecule has 3 rings (SSSR count). The molecule has 0 atom stereocenters. The third kappa shape index (κ3) is 1.80. The number of thiazole rings is 1. The Hall–Kier alpha value is -0.410. The van der Waals surface area contributed by atoms with Gasteiger partial charge < -0.3 is 5.73 Å². The summed E-state index contributed by atoms with van der Waals surface area (Å²) in [5, 5.41) is 3.61. The van der Waals surface area contributed by atoms with Crippen LogP contribution in [0, 0.1) is 0 Å². The molecule has 3 heteroatoms. The molecule has 0 unspecified atom stereocenters. The van der Waals surface area contributed by atoms with E-state index in [1.54, 1.807) is 0 Å². The molecule has 0 radical (unpaired) electrons. The second-order valence-electron chi connectivity index (χ2n) is 5.40. The van der Waals surface area contributed by atoms with Gasteiger partial charge in [-0.2, -0.15) is 0 Å². The molecular weight excluding hydrogens is 216 g/mol. The van der Waals surface area contributed by atoms with E-state index in [0.29, 0.717) is 0 Å². The third-order valence-electron chi connectivity index (χ3n) is 4.17. The van der Waals surface area contributed by atoms with Gasteiger partial charge in [0, 0.05) is 23.3 Å². The Morgan fingerprint density at radius 2 is 2.06 bits per heavy atom. The SMILES string of the molecule is NCC1(c2nc(C3CC3)cs2)CCCCC1. The molecule has 0 aliphatic heterocycles. The van der Waals surface area contributed by atoms with Crippen molar-refractivity contribution in [3.8, 4) is 0 Å². The topological polar surface area (TPSA) is 38.9 Å².